The summed E-state index contributed by atoms with van der Waals surface area (Å²) in [5, 5.41) is 6.71. The van der Waals surface area contributed by atoms with Gasteiger partial charge in [-0.1, -0.05) is 13.3 Å². The van der Waals surface area contributed by atoms with Crippen LogP contribution in [0.4, 0.5) is 0 Å². The summed E-state index contributed by atoms with van der Waals surface area (Å²) in [6.45, 7) is 4.91. The largest absolute Gasteiger partial charge is 0.385 e. The van der Waals surface area contributed by atoms with Crippen molar-refractivity contribution in [3.8, 4) is 0 Å². The minimum Gasteiger partial charge on any atom is -0.385 e. The number of nitrogens with zero attached hydrogens (tertiary/aromatic N) is 2. The van der Waals surface area contributed by atoms with E-state index < -0.39 is 0 Å². The van der Waals surface area contributed by atoms with Gasteiger partial charge in [0.15, 0.2) is 5.96 Å². The second-order valence-corrected chi connectivity index (χ2v) is 6.33. The highest BCUT2D eigenvalue weighted by molar-refractivity contribution is 14.0. The van der Waals surface area contributed by atoms with Gasteiger partial charge in [0.05, 0.1) is 0 Å². The van der Waals surface area contributed by atoms with Gasteiger partial charge in [-0.15, -0.1) is 24.0 Å². The number of nitrogens with one attached hydrogen (secondary N) is 2. The summed E-state index contributed by atoms with van der Waals surface area (Å²) in [5.41, 5.74) is 0.356. The molecule has 1 rings (SSSR count). The Morgan fingerprint density at radius 3 is 2.52 bits per heavy atom. The summed E-state index contributed by atoms with van der Waals surface area (Å²) in [6, 6.07) is 0. The van der Waals surface area contributed by atoms with Crippen molar-refractivity contribution in [3.05, 3.63) is 0 Å². The summed E-state index contributed by atoms with van der Waals surface area (Å²) in [7, 11) is 5.24. The maximum Gasteiger partial charge on any atom is 0.243 e. The quantitative estimate of drug-likeness (QED) is 0.236. The van der Waals surface area contributed by atoms with Gasteiger partial charge in [-0.2, -0.15) is 0 Å². The number of guanidine groups is 1. The standard InChI is InChI=1S/C16H32N4O2.HI/c1-5-6-10-17-15(18-12-14(21)20(2)3)19-13-16(7-8-16)9-11-22-4;/h5-13H2,1-4H3,(H2,17,18,19);1H. The molecule has 1 aliphatic carbocycles. The molecule has 1 saturated carbocycles. The number of rotatable bonds is 10. The third-order valence-corrected chi connectivity index (χ3v) is 4.12. The lowest BCUT2D eigenvalue weighted by atomic mass is 10.0. The first-order valence-corrected chi connectivity index (χ1v) is 8.24. The van der Waals surface area contributed by atoms with Crippen LogP contribution in [-0.4, -0.2) is 64.2 Å². The maximum atomic E-state index is 11.7. The summed E-state index contributed by atoms with van der Waals surface area (Å²) >= 11 is 0. The Morgan fingerprint density at radius 2 is 2.00 bits per heavy atom. The normalized spacial score (nSPS) is 15.6. The minimum atomic E-state index is 0. The van der Waals surface area contributed by atoms with Crippen LogP contribution < -0.4 is 10.6 Å². The molecule has 0 aromatic rings. The van der Waals surface area contributed by atoms with Crippen molar-refractivity contribution in [2.24, 2.45) is 10.4 Å². The van der Waals surface area contributed by atoms with E-state index in [-0.39, 0.29) is 36.4 Å². The average Bonchev–Trinajstić information content (AvgIpc) is 3.27. The molecule has 1 amide bonds. The molecule has 23 heavy (non-hydrogen) atoms. The monoisotopic (exact) mass is 440 g/mol. The lowest BCUT2D eigenvalue weighted by molar-refractivity contribution is -0.127. The Hall–Kier alpha value is -0.570. The number of carbonyl (C=O) groups is 1. The van der Waals surface area contributed by atoms with Crippen LogP contribution in [0.1, 0.15) is 39.0 Å². The van der Waals surface area contributed by atoms with E-state index in [9.17, 15) is 4.79 Å². The average molecular weight is 440 g/mol. The molecule has 0 aromatic carbocycles. The van der Waals surface area contributed by atoms with E-state index >= 15 is 0 Å². The zero-order valence-corrected chi connectivity index (χ0v) is 17.3. The third-order valence-electron chi connectivity index (χ3n) is 4.12. The van der Waals surface area contributed by atoms with Gasteiger partial charge in [-0.3, -0.25) is 4.79 Å². The molecule has 0 spiro atoms. The number of likely N-dealkylation sites (N-methyl/N-ethyl adjacent to an activating group) is 1. The minimum absolute atomic E-state index is 0. The van der Waals surface area contributed by atoms with Crippen molar-refractivity contribution >= 4 is 35.8 Å². The van der Waals surface area contributed by atoms with Crippen LogP contribution in [0.5, 0.6) is 0 Å². The van der Waals surface area contributed by atoms with Gasteiger partial charge in [-0.05, 0) is 31.1 Å². The number of hydrogen-bond acceptors (Lipinski definition) is 3. The number of ether oxygens (including phenoxy) is 1. The molecule has 1 aliphatic rings. The van der Waals surface area contributed by atoms with Crippen LogP contribution in [0, 0.1) is 5.41 Å². The van der Waals surface area contributed by atoms with Crippen molar-refractivity contribution in [2.75, 3.05) is 47.4 Å². The Labute approximate surface area is 157 Å². The molecule has 0 aromatic heterocycles. The van der Waals surface area contributed by atoms with Gasteiger partial charge in [0, 0.05) is 40.9 Å². The molecule has 0 heterocycles. The molecule has 136 valence electrons. The topological polar surface area (TPSA) is 66.0 Å². The third kappa shape index (κ3) is 9.34. The Kier molecular flexibility index (Phi) is 11.6. The number of unbranched alkanes of at least 4 members (excludes halogenated alkanes) is 1. The van der Waals surface area contributed by atoms with E-state index in [1.54, 1.807) is 26.1 Å². The first-order chi connectivity index (χ1) is 10.5. The van der Waals surface area contributed by atoms with Gasteiger partial charge in [0.1, 0.15) is 6.54 Å². The molecule has 0 saturated heterocycles. The number of aliphatic imine (C=N–C) groups is 1. The second kappa shape index (κ2) is 11.9. The summed E-state index contributed by atoms with van der Waals surface area (Å²) in [4.78, 5) is 17.6. The van der Waals surface area contributed by atoms with Crippen LogP contribution in [0.15, 0.2) is 4.99 Å². The molecule has 7 heteroatoms. The summed E-state index contributed by atoms with van der Waals surface area (Å²) in [6.07, 6.45) is 5.78. The SMILES string of the molecule is CCCCNC(=NCC(=O)N(C)C)NCC1(CCOC)CC1.I. The highest BCUT2D eigenvalue weighted by Crippen LogP contribution is 2.48. The van der Waals surface area contributed by atoms with Crippen molar-refractivity contribution in [1.29, 1.82) is 0 Å². The van der Waals surface area contributed by atoms with E-state index in [1.165, 1.54) is 12.8 Å². The highest BCUT2D eigenvalue weighted by atomic mass is 127. The molecule has 1 fully saturated rings. The Balaban J connectivity index is 0.00000484. The predicted molar refractivity (Wildman–Crippen MR) is 105 cm³/mol. The molecule has 0 bridgehead atoms. The molecule has 0 atom stereocenters. The fraction of sp³-hybridized carbons (Fsp3) is 0.875. The first-order valence-electron chi connectivity index (χ1n) is 8.24. The molecular weight excluding hydrogens is 407 g/mol. The number of hydrogen-bond donors (Lipinski definition) is 2. The fourth-order valence-electron chi connectivity index (χ4n) is 2.13. The lowest BCUT2D eigenvalue weighted by Crippen LogP contribution is -2.41. The number of carbonyl (C=O) groups excluding carboxylic acids is 1. The van der Waals surface area contributed by atoms with Crippen LogP contribution in [0.2, 0.25) is 0 Å². The lowest BCUT2D eigenvalue weighted by Gasteiger charge is -2.19. The fourth-order valence-corrected chi connectivity index (χ4v) is 2.13. The Morgan fingerprint density at radius 1 is 1.30 bits per heavy atom. The molecule has 0 aliphatic heterocycles. The van der Waals surface area contributed by atoms with Crippen LogP contribution in [-0.2, 0) is 9.53 Å². The summed E-state index contributed by atoms with van der Waals surface area (Å²) < 4.78 is 5.19. The molecular formula is C16H33IN4O2. The van der Waals surface area contributed by atoms with Gasteiger partial charge in [-0.25, -0.2) is 4.99 Å². The molecule has 6 nitrogen and oxygen atoms in total. The van der Waals surface area contributed by atoms with Gasteiger partial charge < -0.3 is 20.3 Å². The second-order valence-electron chi connectivity index (χ2n) is 6.33. The van der Waals surface area contributed by atoms with E-state index in [1.807, 2.05) is 0 Å². The number of amides is 1. The van der Waals surface area contributed by atoms with Gasteiger partial charge >= 0.3 is 0 Å². The summed E-state index contributed by atoms with van der Waals surface area (Å²) in [5.74, 6) is 0.754. The van der Waals surface area contributed by atoms with E-state index in [4.69, 9.17) is 4.74 Å². The van der Waals surface area contributed by atoms with Crippen molar-refractivity contribution in [1.82, 2.24) is 15.5 Å². The van der Waals surface area contributed by atoms with E-state index in [0.29, 0.717) is 5.41 Å². The van der Waals surface area contributed by atoms with Crippen LogP contribution in [0.25, 0.3) is 0 Å². The number of methoxy groups -OCH3 is 1. The van der Waals surface area contributed by atoms with E-state index in [0.717, 1.165) is 44.9 Å². The van der Waals surface area contributed by atoms with E-state index in [2.05, 4.69) is 22.5 Å². The van der Waals surface area contributed by atoms with Gasteiger partial charge in [0.25, 0.3) is 0 Å². The maximum absolute atomic E-state index is 11.7. The number of halogens is 1. The van der Waals surface area contributed by atoms with Crippen molar-refractivity contribution in [2.45, 2.75) is 39.0 Å². The molecule has 2 N–H and O–H groups in total. The molecule has 0 radical (unpaired) electrons. The zero-order valence-electron chi connectivity index (χ0n) is 15.0. The smallest absolute Gasteiger partial charge is 0.243 e. The highest BCUT2D eigenvalue weighted by Gasteiger charge is 2.41. The first kappa shape index (κ1) is 22.4. The van der Waals surface area contributed by atoms with Crippen molar-refractivity contribution < 1.29 is 9.53 Å². The Bertz CT molecular complexity index is 371. The predicted octanol–water partition coefficient (Wildman–Crippen LogP) is 1.84. The van der Waals surface area contributed by atoms with Gasteiger partial charge in [0.2, 0.25) is 5.91 Å². The van der Waals surface area contributed by atoms with Crippen LogP contribution in [0.3, 0.4) is 0 Å². The molecule has 0 unspecified atom stereocenters. The van der Waals surface area contributed by atoms with Crippen molar-refractivity contribution in [3.63, 3.8) is 0 Å². The zero-order chi connectivity index (χ0) is 16.4. The van der Waals surface area contributed by atoms with Crippen LogP contribution >= 0.6 is 24.0 Å².